The summed E-state index contributed by atoms with van der Waals surface area (Å²) in [6.07, 6.45) is 1.44. The molecule has 0 aliphatic carbocycles. The van der Waals surface area contributed by atoms with Crippen LogP contribution in [0.25, 0.3) is 5.69 Å². The number of hydrogen-bond acceptors (Lipinski definition) is 6. The standard InChI is InChI=1S/C14H17N3O4/c1-4-21-14(18)12-13(15)17(8-16-12)10-7-9(19-2)5-6-11(10)20-3/h5-8H,4,15H2,1-3H3. The number of benzene rings is 1. The van der Waals surface area contributed by atoms with E-state index in [0.29, 0.717) is 17.2 Å². The summed E-state index contributed by atoms with van der Waals surface area (Å²) in [5.74, 6) is 0.836. The maximum absolute atomic E-state index is 11.8. The van der Waals surface area contributed by atoms with Crippen molar-refractivity contribution in [2.24, 2.45) is 0 Å². The highest BCUT2D eigenvalue weighted by atomic mass is 16.5. The summed E-state index contributed by atoms with van der Waals surface area (Å²) in [7, 11) is 3.11. The maximum Gasteiger partial charge on any atom is 0.360 e. The van der Waals surface area contributed by atoms with Crippen LogP contribution in [0.2, 0.25) is 0 Å². The van der Waals surface area contributed by atoms with E-state index < -0.39 is 5.97 Å². The Hall–Kier alpha value is -2.70. The number of imidazole rings is 1. The highest BCUT2D eigenvalue weighted by molar-refractivity contribution is 5.92. The van der Waals surface area contributed by atoms with Crippen LogP contribution in [-0.4, -0.2) is 36.3 Å². The van der Waals surface area contributed by atoms with Crippen LogP contribution in [0, 0.1) is 0 Å². The van der Waals surface area contributed by atoms with Crippen molar-refractivity contribution in [2.75, 3.05) is 26.6 Å². The van der Waals surface area contributed by atoms with E-state index >= 15 is 0 Å². The van der Waals surface area contributed by atoms with Gasteiger partial charge in [0.2, 0.25) is 0 Å². The molecule has 0 aliphatic heterocycles. The van der Waals surface area contributed by atoms with Gasteiger partial charge in [0.15, 0.2) is 5.69 Å². The van der Waals surface area contributed by atoms with Gasteiger partial charge in [-0.05, 0) is 19.1 Å². The molecule has 1 heterocycles. The van der Waals surface area contributed by atoms with Crippen LogP contribution in [-0.2, 0) is 4.74 Å². The number of esters is 1. The van der Waals surface area contributed by atoms with Crippen molar-refractivity contribution in [2.45, 2.75) is 6.92 Å². The van der Waals surface area contributed by atoms with Crippen LogP contribution >= 0.6 is 0 Å². The molecule has 21 heavy (non-hydrogen) atoms. The number of methoxy groups -OCH3 is 2. The average molecular weight is 291 g/mol. The van der Waals surface area contributed by atoms with Crippen molar-refractivity contribution < 1.29 is 19.0 Å². The Morgan fingerprint density at radius 2 is 2.10 bits per heavy atom. The first-order chi connectivity index (χ1) is 10.1. The van der Waals surface area contributed by atoms with Crippen LogP contribution in [0.1, 0.15) is 17.4 Å². The van der Waals surface area contributed by atoms with Crippen LogP contribution < -0.4 is 15.2 Å². The molecule has 112 valence electrons. The zero-order chi connectivity index (χ0) is 15.4. The van der Waals surface area contributed by atoms with E-state index in [1.54, 1.807) is 43.9 Å². The monoisotopic (exact) mass is 291 g/mol. The molecule has 0 bridgehead atoms. The zero-order valence-corrected chi connectivity index (χ0v) is 12.1. The third kappa shape index (κ3) is 2.76. The summed E-state index contributed by atoms with van der Waals surface area (Å²) >= 11 is 0. The molecule has 1 aromatic heterocycles. The molecule has 7 heteroatoms. The fourth-order valence-electron chi connectivity index (χ4n) is 1.89. The molecule has 0 atom stereocenters. The molecular formula is C14H17N3O4. The summed E-state index contributed by atoms with van der Waals surface area (Å²) in [6.45, 7) is 1.98. The molecule has 0 spiro atoms. The molecule has 0 saturated carbocycles. The summed E-state index contributed by atoms with van der Waals surface area (Å²) < 4.78 is 16.9. The van der Waals surface area contributed by atoms with Crippen LogP contribution in [0.15, 0.2) is 24.5 Å². The largest absolute Gasteiger partial charge is 0.497 e. The summed E-state index contributed by atoms with van der Waals surface area (Å²) in [5.41, 5.74) is 6.68. The van der Waals surface area contributed by atoms with Gasteiger partial charge in [-0.15, -0.1) is 0 Å². The number of nitrogens with zero attached hydrogens (tertiary/aromatic N) is 2. The Morgan fingerprint density at radius 3 is 2.71 bits per heavy atom. The van der Waals surface area contributed by atoms with Gasteiger partial charge in [0, 0.05) is 6.07 Å². The lowest BCUT2D eigenvalue weighted by atomic mass is 10.2. The fourth-order valence-corrected chi connectivity index (χ4v) is 1.89. The third-order valence-electron chi connectivity index (χ3n) is 2.92. The van der Waals surface area contributed by atoms with Crippen molar-refractivity contribution in [3.8, 4) is 17.2 Å². The summed E-state index contributed by atoms with van der Waals surface area (Å²) in [6, 6.07) is 5.26. The summed E-state index contributed by atoms with van der Waals surface area (Å²) in [4.78, 5) is 15.8. The first-order valence-electron chi connectivity index (χ1n) is 6.34. The Balaban J connectivity index is 2.50. The maximum atomic E-state index is 11.8. The molecule has 0 saturated heterocycles. The van der Waals surface area contributed by atoms with E-state index in [-0.39, 0.29) is 18.1 Å². The van der Waals surface area contributed by atoms with Gasteiger partial charge in [-0.3, -0.25) is 4.57 Å². The lowest BCUT2D eigenvalue weighted by Gasteiger charge is -2.12. The number of carbonyl (C=O) groups excluding carboxylic acids is 1. The second-order valence-electron chi connectivity index (χ2n) is 4.11. The van der Waals surface area contributed by atoms with E-state index in [1.807, 2.05) is 0 Å². The van der Waals surface area contributed by atoms with E-state index in [9.17, 15) is 4.79 Å². The number of aromatic nitrogens is 2. The molecule has 2 N–H and O–H groups in total. The predicted octanol–water partition coefficient (Wildman–Crippen LogP) is 1.65. The SMILES string of the molecule is CCOC(=O)c1ncn(-c2cc(OC)ccc2OC)c1N. The van der Waals surface area contributed by atoms with Gasteiger partial charge in [0.1, 0.15) is 23.6 Å². The zero-order valence-electron chi connectivity index (χ0n) is 12.1. The number of anilines is 1. The van der Waals surface area contributed by atoms with E-state index in [4.69, 9.17) is 19.9 Å². The van der Waals surface area contributed by atoms with Gasteiger partial charge >= 0.3 is 5.97 Å². The first kappa shape index (κ1) is 14.7. The highest BCUT2D eigenvalue weighted by Crippen LogP contribution is 2.30. The van der Waals surface area contributed by atoms with E-state index in [1.165, 1.54) is 6.33 Å². The number of ether oxygens (including phenoxy) is 3. The van der Waals surface area contributed by atoms with Crippen molar-refractivity contribution in [3.63, 3.8) is 0 Å². The minimum atomic E-state index is -0.560. The van der Waals surface area contributed by atoms with Gasteiger partial charge < -0.3 is 19.9 Å². The van der Waals surface area contributed by atoms with E-state index in [0.717, 1.165) is 0 Å². The van der Waals surface area contributed by atoms with Gasteiger partial charge in [0.25, 0.3) is 0 Å². The van der Waals surface area contributed by atoms with Gasteiger partial charge in [0.05, 0.1) is 26.5 Å². The molecular weight excluding hydrogens is 274 g/mol. The minimum Gasteiger partial charge on any atom is -0.497 e. The molecule has 0 fully saturated rings. The molecule has 2 aromatic rings. The Kier molecular flexibility index (Phi) is 4.32. The number of nitrogens with two attached hydrogens (primary N) is 1. The number of carbonyl (C=O) groups is 1. The molecule has 0 aliphatic rings. The molecule has 2 rings (SSSR count). The van der Waals surface area contributed by atoms with Crippen LogP contribution in [0.3, 0.4) is 0 Å². The van der Waals surface area contributed by atoms with Crippen LogP contribution in [0.5, 0.6) is 11.5 Å². The Bertz CT molecular complexity index is 652. The second-order valence-corrected chi connectivity index (χ2v) is 4.11. The average Bonchev–Trinajstić information content (AvgIpc) is 2.88. The number of hydrogen-bond donors (Lipinski definition) is 1. The number of rotatable bonds is 5. The first-order valence-corrected chi connectivity index (χ1v) is 6.34. The lowest BCUT2D eigenvalue weighted by Crippen LogP contribution is -2.09. The van der Waals surface area contributed by atoms with E-state index in [2.05, 4.69) is 4.98 Å². The molecule has 0 unspecified atom stereocenters. The molecule has 0 radical (unpaired) electrons. The minimum absolute atomic E-state index is 0.0710. The van der Waals surface area contributed by atoms with Gasteiger partial charge in [-0.1, -0.05) is 0 Å². The fraction of sp³-hybridized carbons (Fsp3) is 0.286. The lowest BCUT2D eigenvalue weighted by molar-refractivity contribution is 0.0521. The molecule has 7 nitrogen and oxygen atoms in total. The summed E-state index contributed by atoms with van der Waals surface area (Å²) in [5, 5.41) is 0. The quantitative estimate of drug-likeness (QED) is 0.843. The highest BCUT2D eigenvalue weighted by Gasteiger charge is 2.19. The molecule has 0 amide bonds. The predicted molar refractivity (Wildman–Crippen MR) is 77.0 cm³/mol. The Labute approximate surface area is 122 Å². The van der Waals surface area contributed by atoms with Crippen molar-refractivity contribution in [1.29, 1.82) is 0 Å². The van der Waals surface area contributed by atoms with Crippen molar-refractivity contribution >= 4 is 11.8 Å². The normalized spacial score (nSPS) is 10.2. The third-order valence-corrected chi connectivity index (χ3v) is 2.92. The topological polar surface area (TPSA) is 88.6 Å². The smallest absolute Gasteiger partial charge is 0.360 e. The second kappa shape index (κ2) is 6.17. The molecule has 1 aromatic carbocycles. The van der Waals surface area contributed by atoms with Gasteiger partial charge in [-0.2, -0.15) is 0 Å². The van der Waals surface area contributed by atoms with Crippen LogP contribution in [0.4, 0.5) is 5.82 Å². The Morgan fingerprint density at radius 1 is 1.33 bits per heavy atom. The van der Waals surface area contributed by atoms with Crippen molar-refractivity contribution in [1.82, 2.24) is 9.55 Å². The van der Waals surface area contributed by atoms with Gasteiger partial charge in [-0.25, -0.2) is 9.78 Å². The number of nitrogen functional groups attached to an aromatic ring is 1. The van der Waals surface area contributed by atoms with Crippen molar-refractivity contribution in [3.05, 3.63) is 30.2 Å².